The van der Waals surface area contributed by atoms with Gasteiger partial charge in [0.05, 0.1) is 5.69 Å². The van der Waals surface area contributed by atoms with Crippen LogP contribution in [0.1, 0.15) is 0 Å². The summed E-state index contributed by atoms with van der Waals surface area (Å²) in [5.41, 5.74) is 2.97. The minimum atomic E-state index is 0.898. The first kappa shape index (κ1) is 9.84. The van der Waals surface area contributed by atoms with Crippen molar-refractivity contribution in [1.29, 1.82) is 0 Å². The predicted molar refractivity (Wildman–Crippen MR) is 67.8 cm³/mol. The molecule has 0 aliphatic heterocycles. The molecule has 0 bridgehead atoms. The van der Waals surface area contributed by atoms with Gasteiger partial charge in [-0.3, -0.25) is 5.01 Å². The molecule has 0 fully saturated rings. The lowest BCUT2D eigenvalue weighted by Gasteiger charge is -2.18. The summed E-state index contributed by atoms with van der Waals surface area (Å²) in [4.78, 5) is 1.80. The number of rotatable bonds is 2. The molecular formula is C13H12N4. The van der Waals surface area contributed by atoms with Crippen LogP contribution in [0.25, 0.3) is 11.0 Å². The Morgan fingerprint density at radius 3 is 2.47 bits per heavy atom. The van der Waals surface area contributed by atoms with E-state index in [1.165, 1.54) is 0 Å². The van der Waals surface area contributed by atoms with Crippen molar-refractivity contribution in [2.75, 3.05) is 12.1 Å². The molecule has 1 aromatic heterocycles. The van der Waals surface area contributed by atoms with Crippen LogP contribution in [-0.2, 0) is 0 Å². The van der Waals surface area contributed by atoms with Gasteiger partial charge in [0.1, 0.15) is 11.0 Å². The Kier molecular flexibility index (Phi) is 2.26. The van der Waals surface area contributed by atoms with E-state index in [-0.39, 0.29) is 0 Å². The molecule has 0 unspecified atom stereocenters. The van der Waals surface area contributed by atoms with Crippen molar-refractivity contribution < 1.29 is 0 Å². The van der Waals surface area contributed by atoms with Gasteiger partial charge in [0, 0.05) is 7.05 Å². The molecule has 0 aliphatic rings. The average Bonchev–Trinajstić information content (AvgIpc) is 2.83. The van der Waals surface area contributed by atoms with Gasteiger partial charge in [-0.2, -0.15) is 4.79 Å². The molecular weight excluding hydrogens is 212 g/mol. The Morgan fingerprint density at radius 2 is 1.65 bits per heavy atom. The van der Waals surface area contributed by atoms with E-state index in [0.717, 1.165) is 16.7 Å². The molecule has 0 aliphatic carbocycles. The van der Waals surface area contributed by atoms with Crippen molar-refractivity contribution in [3.05, 3.63) is 54.6 Å². The van der Waals surface area contributed by atoms with Crippen molar-refractivity contribution in [2.45, 2.75) is 0 Å². The SMILES string of the molecule is CN(c1ccccc1)n1nnc2ccccc21. The molecule has 1 heterocycles. The van der Waals surface area contributed by atoms with Crippen molar-refractivity contribution in [2.24, 2.45) is 0 Å². The number of hydrogen-bond acceptors (Lipinski definition) is 3. The molecule has 0 atom stereocenters. The van der Waals surface area contributed by atoms with Crippen LogP contribution in [0.3, 0.4) is 0 Å². The largest absolute Gasteiger partial charge is 0.267 e. The second-order valence-electron chi connectivity index (χ2n) is 3.83. The predicted octanol–water partition coefficient (Wildman–Crippen LogP) is 2.33. The lowest BCUT2D eigenvalue weighted by atomic mass is 10.3. The van der Waals surface area contributed by atoms with Crippen molar-refractivity contribution in [1.82, 2.24) is 15.1 Å². The number of anilines is 1. The highest BCUT2D eigenvalue weighted by Gasteiger charge is 2.08. The third-order valence-corrected chi connectivity index (χ3v) is 2.75. The van der Waals surface area contributed by atoms with Crippen LogP contribution in [-0.4, -0.2) is 22.2 Å². The summed E-state index contributed by atoms with van der Waals surface area (Å²) in [6.45, 7) is 0. The molecule has 0 spiro atoms. The normalized spacial score (nSPS) is 10.6. The number of hydrogen-bond donors (Lipinski definition) is 0. The summed E-state index contributed by atoms with van der Waals surface area (Å²) in [5, 5.41) is 10.3. The van der Waals surface area contributed by atoms with E-state index in [9.17, 15) is 0 Å². The molecule has 4 nitrogen and oxygen atoms in total. The maximum Gasteiger partial charge on any atom is 0.115 e. The maximum atomic E-state index is 4.16. The second-order valence-corrected chi connectivity index (χ2v) is 3.83. The van der Waals surface area contributed by atoms with E-state index in [1.54, 1.807) is 4.79 Å². The average molecular weight is 224 g/mol. The minimum absolute atomic E-state index is 0.898. The molecule has 0 saturated heterocycles. The van der Waals surface area contributed by atoms with Gasteiger partial charge in [0.2, 0.25) is 0 Å². The molecule has 0 amide bonds. The molecule has 84 valence electrons. The number of aromatic nitrogens is 3. The van der Waals surface area contributed by atoms with Crippen LogP contribution in [0.2, 0.25) is 0 Å². The number of para-hydroxylation sites is 2. The van der Waals surface area contributed by atoms with Gasteiger partial charge in [0.25, 0.3) is 0 Å². The summed E-state index contributed by atoms with van der Waals surface area (Å²) in [6, 6.07) is 18.0. The summed E-state index contributed by atoms with van der Waals surface area (Å²) in [7, 11) is 1.97. The molecule has 0 saturated carbocycles. The molecule has 17 heavy (non-hydrogen) atoms. The van der Waals surface area contributed by atoms with Gasteiger partial charge in [-0.1, -0.05) is 30.3 Å². The Labute approximate surface area is 99.1 Å². The molecule has 3 rings (SSSR count). The number of nitrogens with zero attached hydrogens (tertiary/aromatic N) is 4. The van der Waals surface area contributed by atoms with Gasteiger partial charge < -0.3 is 0 Å². The maximum absolute atomic E-state index is 4.16. The standard InChI is InChI=1S/C13H12N4/c1-16(11-7-3-2-4-8-11)17-13-10-6-5-9-12(13)14-15-17/h2-10H,1H3. The van der Waals surface area contributed by atoms with Crippen LogP contribution in [0.4, 0.5) is 5.69 Å². The van der Waals surface area contributed by atoms with Gasteiger partial charge in [-0.15, -0.1) is 5.10 Å². The zero-order valence-corrected chi connectivity index (χ0v) is 9.49. The third kappa shape index (κ3) is 1.63. The highest BCUT2D eigenvalue weighted by molar-refractivity contribution is 5.74. The number of fused-ring (bicyclic) bond motifs is 1. The summed E-state index contributed by atoms with van der Waals surface area (Å²) in [6.07, 6.45) is 0. The smallest absolute Gasteiger partial charge is 0.115 e. The van der Waals surface area contributed by atoms with E-state index in [4.69, 9.17) is 0 Å². The summed E-state index contributed by atoms with van der Waals surface area (Å²) in [5.74, 6) is 0. The fraction of sp³-hybridized carbons (Fsp3) is 0.0769. The quantitative estimate of drug-likeness (QED) is 0.670. The molecule has 3 aromatic rings. The summed E-state index contributed by atoms with van der Waals surface area (Å²) < 4.78 is 0. The van der Waals surface area contributed by atoms with E-state index in [0.29, 0.717) is 0 Å². The van der Waals surface area contributed by atoms with Gasteiger partial charge in [-0.25, -0.2) is 0 Å². The Hall–Kier alpha value is -2.36. The highest BCUT2D eigenvalue weighted by Crippen LogP contribution is 2.16. The Balaban J connectivity index is 2.10. The first-order chi connectivity index (χ1) is 8.36. The summed E-state index contributed by atoms with van der Waals surface area (Å²) >= 11 is 0. The first-order valence-electron chi connectivity index (χ1n) is 5.46. The third-order valence-electron chi connectivity index (χ3n) is 2.75. The van der Waals surface area contributed by atoms with Gasteiger partial charge >= 0.3 is 0 Å². The van der Waals surface area contributed by atoms with Crippen LogP contribution < -0.4 is 5.01 Å². The van der Waals surface area contributed by atoms with Gasteiger partial charge in [0.15, 0.2) is 0 Å². The molecule has 0 N–H and O–H groups in total. The number of benzene rings is 2. The Bertz CT molecular complexity index is 630. The van der Waals surface area contributed by atoms with Crippen molar-refractivity contribution >= 4 is 16.7 Å². The van der Waals surface area contributed by atoms with E-state index in [1.807, 2.05) is 66.7 Å². The molecule has 0 radical (unpaired) electrons. The lowest BCUT2D eigenvalue weighted by Crippen LogP contribution is -2.25. The van der Waals surface area contributed by atoms with Crippen LogP contribution in [0, 0.1) is 0 Å². The van der Waals surface area contributed by atoms with Crippen LogP contribution in [0.15, 0.2) is 54.6 Å². The van der Waals surface area contributed by atoms with Gasteiger partial charge in [-0.05, 0) is 29.5 Å². The lowest BCUT2D eigenvalue weighted by molar-refractivity contribution is 0.657. The minimum Gasteiger partial charge on any atom is -0.267 e. The second kappa shape index (κ2) is 3.90. The highest BCUT2D eigenvalue weighted by atomic mass is 15.7. The monoisotopic (exact) mass is 224 g/mol. The first-order valence-corrected chi connectivity index (χ1v) is 5.46. The van der Waals surface area contributed by atoms with E-state index < -0.39 is 0 Å². The van der Waals surface area contributed by atoms with E-state index >= 15 is 0 Å². The molecule has 4 heteroatoms. The van der Waals surface area contributed by atoms with Crippen LogP contribution in [0.5, 0.6) is 0 Å². The zero-order valence-electron chi connectivity index (χ0n) is 9.49. The zero-order chi connectivity index (χ0) is 11.7. The van der Waals surface area contributed by atoms with Crippen LogP contribution >= 0.6 is 0 Å². The van der Waals surface area contributed by atoms with Crippen molar-refractivity contribution in [3.8, 4) is 0 Å². The van der Waals surface area contributed by atoms with Crippen molar-refractivity contribution in [3.63, 3.8) is 0 Å². The fourth-order valence-corrected chi connectivity index (χ4v) is 1.83. The van der Waals surface area contributed by atoms with E-state index in [2.05, 4.69) is 10.3 Å². The Morgan fingerprint density at radius 1 is 0.941 bits per heavy atom. The fourth-order valence-electron chi connectivity index (χ4n) is 1.83. The topological polar surface area (TPSA) is 34.0 Å². The molecule has 2 aromatic carbocycles.